The van der Waals surface area contributed by atoms with Gasteiger partial charge < -0.3 is 0 Å². The van der Waals surface area contributed by atoms with Crippen molar-refractivity contribution in [1.82, 2.24) is 0 Å². The molecule has 0 unspecified atom stereocenters. The van der Waals surface area contributed by atoms with E-state index in [-0.39, 0.29) is 0 Å². The zero-order valence-corrected chi connectivity index (χ0v) is 9.39. The van der Waals surface area contributed by atoms with Gasteiger partial charge in [0.25, 0.3) is 0 Å². The van der Waals surface area contributed by atoms with E-state index < -0.39 is 0 Å². The van der Waals surface area contributed by atoms with Gasteiger partial charge in [-0.25, -0.2) is 0 Å². The van der Waals surface area contributed by atoms with E-state index in [1.54, 1.807) is 7.11 Å². The number of hydrogen-bond acceptors (Lipinski definition) is 1. The first-order valence-corrected chi connectivity index (χ1v) is 6.28. The molecule has 0 bridgehead atoms. The van der Waals surface area contributed by atoms with Crippen LogP contribution in [0.5, 0.6) is 5.75 Å². The first-order valence-electron chi connectivity index (χ1n) is 4.05. The molecule has 0 aliphatic heterocycles. The first-order chi connectivity index (χ1) is 6.38. The third kappa shape index (κ3) is 3.49. The maximum absolute atomic E-state index is 5.40. The Kier molecular flexibility index (Phi) is 5.09. The molecule has 0 amide bonds. The van der Waals surface area contributed by atoms with Crippen LogP contribution >= 0.6 is 16.6 Å². The van der Waals surface area contributed by atoms with Crippen molar-refractivity contribution in [3.05, 3.63) is 24.3 Å². The Balaban J connectivity index is 2.60. The number of para-hydroxylation sites is 1. The first kappa shape index (κ1) is 10.7. The van der Waals surface area contributed by atoms with Crippen LogP contribution in [0.1, 0.15) is 0 Å². The summed E-state index contributed by atoms with van der Waals surface area (Å²) < 4.78 is 5.24. The second-order valence-electron chi connectivity index (χ2n) is 2.46. The molecular formula is C10H12OP2. The third-order valence-corrected chi connectivity index (χ3v) is 3.59. The normalized spacial score (nSPS) is 10.5. The number of rotatable bonds is 4. The molecule has 0 saturated carbocycles. The van der Waals surface area contributed by atoms with Gasteiger partial charge in [-0.05, 0) is 0 Å². The zero-order valence-electron chi connectivity index (χ0n) is 7.60. The Hall–Kier alpha value is -0.340. The molecule has 0 saturated heterocycles. The molecule has 0 heterocycles. The molecule has 0 aliphatic carbocycles. The molecular weight excluding hydrogens is 198 g/mol. The molecule has 1 rings (SSSR count). The molecule has 0 spiro atoms. The summed E-state index contributed by atoms with van der Waals surface area (Å²) in [5, 5.41) is 1.24. The molecule has 1 nitrogen and oxygen atoms in total. The van der Waals surface area contributed by atoms with E-state index in [0.29, 0.717) is 0 Å². The molecule has 13 heavy (non-hydrogen) atoms. The monoisotopic (exact) mass is 210 g/mol. The van der Waals surface area contributed by atoms with Crippen molar-refractivity contribution < 1.29 is 4.74 Å². The molecule has 1 aromatic carbocycles. The Bertz CT molecular complexity index is 304. The summed E-state index contributed by atoms with van der Waals surface area (Å²) in [4.78, 5) is 0. The van der Waals surface area contributed by atoms with E-state index in [9.17, 15) is 0 Å². The summed E-state index contributed by atoms with van der Waals surface area (Å²) in [6.07, 6.45) is 7.54. The van der Waals surface area contributed by atoms with Gasteiger partial charge >= 0.3 is 82.2 Å². The molecule has 0 aliphatic rings. The van der Waals surface area contributed by atoms with E-state index in [2.05, 4.69) is 6.07 Å². The third-order valence-electron chi connectivity index (χ3n) is 1.60. The van der Waals surface area contributed by atoms with Gasteiger partial charge in [0.15, 0.2) is 0 Å². The Morgan fingerprint density at radius 1 is 1.46 bits per heavy atom. The summed E-state index contributed by atoms with van der Waals surface area (Å²) in [6, 6.07) is 8.10. The van der Waals surface area contributed by atoms with E-state index in [0.717, 1.165) is 26.1 Å². The van der Waals surface area contributed by atoms with Gasteiger partial charge in [0.1, 0.15) is 0 Å². The van der Waals surface area contributed by atoms with Gasteiger partial charge in [0, 0.05) is 0 Å². The van der Waals surface area contributed by atoms with Crippen molar-refractivity contribution in [1.29, 1.82) is 0 Å². The van der Waals surface area contributed by atoms with Crippen molar-refractivity contribution in [3.8, 4) is 11.9 Å². The second kappa shape index (κ2) is 6.17. The predicted molar refractivity (Wildman–Crippen MR) is 61.1 cm³/mol. The predicted octanol–water partition coefficient (Wildman–Crippen LogP) is 2.80. The van der Waals surface area contributed by atoms with Crippen LogP contribution in [0.2, 0.25) is 0 Å². The average Bonchev–Trinajstić information content (AvgIpc) is 2.19. The minimum atomic E-state index is 0.970. The van der Waals surface area contributed by atoms with Gasteiger partial charge in [-0.2, -0.15) is 0 Å². The van der Waals surface area contributed by atoms with Crippen LogP contribution in [0.15, 0.2) is 24.3 Å². The summed E-state index contributed by atoms with van der Waals surface area (Å²) in [7, 11) is 3.97. The molecule has 68 valence electrons. The molecule has 0 fully saturated rings. The maximum atomic E-state index is 5.40. The van der Waals surface area contributed by atoms with Crippen molar-refractivity contribution in [3.63, 3.8) is 0 Å². The fourth-order valence-electron chi connectivity index (χ4n) is 0.989. The van der Waals surface area contributed by atoms with Crippen LogP contribution < -0.4 is 10.0 Å². The molecule has 3 heteroatoms. The zero-order chi connectivity index (χ0) is 9.52. The number of benzene rings is 1. The number of hydrogen-bond donors (Lipinski definition) is 0. The van der Waals surface area contributed by atoms with Crippen LogP contribution in [-0.2, 0) is 0 Å². The van der Waals surface area contributed by atoms with Gasteiger partial charge in [-0.3, -0.25) is 0 Å². The molecule has 0 radical (unpaired) electrons. The topological polar surface area (TPSA) is 9.23 Å². The van der Waals surface area contributed by atoms with Crippen molar-refractivity contribution in [2.75, 3.05) is 19.4 Å². The summed E-state index contributed by atoms with van der Waals surface area (Å²) in [5.74, 6) is 0.970. The van der Waals surface area contributed by atoms with Crippen molar-refractivity contribution >= 4 is 21.9 Å². The van der Waals surface area contributed by atoms with Crippen LogP contribution in [0.25, 0.3) is 0 Å². The SMILES string of the molecule is C#[P+]CC[P-]c1ccccc1OC. The van der Waals surface area contributed by atoms with Crippen LogP contribution in [0.4, 0.5) is 0 Å². The van der Waals surface area contributed by atoms with Gasteiger partial charge in [0.05, 0.1) is 0 Å². The fourth-order valence-corrected chi connectivity index (χ4v) is 2.60. The van der Waals surface area contributed by atoms with E-state index in [1.807, 2.05) is 18.2 Å². The summed E-state index contributed by atoms with van der Waals surface area (Å²) in [5.41, 5.74) is 0. The van der Waals surface area contributed by atoms with Crippen LogP contribution in [0, 0.1) is 6.13 Å². The van der Waals surface area contributed by atoms with E-state index in [4.69, 9.17) is 10.9 Å². The standard InChI is InChI=1S/C10H12OP2/c1-11-9-5-3-4-6-10(9)13-8-7-12-2/h2-6H,7-8H2,1H3. The quantitative estimate of drug-likeness (QED) is 0.548. The Morgan fingerprint density at radius 2 is 2.23 bits per heavy atom. The van der Waals surface area contributed by atoms with Crippen LogP contribution in [0.3, 0.4) is 0 Å². The van der Waals surface area contributed by atoms with Crippen molar-refractivity contribution in [2.45, 2.75) is 0 Å². The number of ether oxygens (including phenoxy) is 1. The van der Waals surface area contributed by atoms with Gasteiger partial charge in [-0.15, -0.1) is 0 Å². The Labute approximate surface area is 82.8 Å². The minimum absolute atomic E-state index is 0.970. The van der Waals surface area contributed by atoms with E-state index >= 15 is 0 Å². The van der Waals surface area contributed by atoms with Gasteiger partial charge in [-0.1, -0.05) is 0 Å². The fraction of sp³-hybridized carbons (Fsp3) is 0.300. The average molecular weight is 210 g/mol. The number of methoxy groups -OCH3 is 1. The summed E-state index contributed by atoms with van der Waals surface area (Å²) in [6.45, 7) is 0. The molecule has 1 aromatic rings. The second-order valence-corrected chi connectivity index (χ2v) is 4.52. The van der Waals surface area contributed by atoms with Gasteiger partial charge in [0.2, 0.25) is 0 Å². The van der Waals surface area contributed by atoms with E-state index in [1.165, 1.54) is 13.9 Å². The molecule has 0 atom stereocenters. The van der Waals surface area contributed by atoms with Crippen LogP contribution in [-0.4, -0.2) is 19.4 Å². The molecule has 0 N–H and O–H groups in total. The van der Waals surface area contributed by atoms with Crippen molar-refractivity contribution in [2.24, 2.45) is 0 Å². The summed E-state index contributed by atoms with van der Waals surface area (Å²) >= 11 is 0. The molecule has 0 aromatic heterocycles. The Morgan fingerprint density at radius 3 is 2.92 bits per heavy atom.